The zero-order valence-electron chi connectivity index (χ0n) is 15.6. The number of amides is 6. The number of primary amides is 2. The van der Waals surface area contributed by atoms with E-state index >= 15 is 0 Å². The van der Waals surface area contributed by atoms with Gasteiger partial charge in [-0.2, -0.15) is 0 Å². The Morgan fingerprint density at radius 3 is 1.73 bits per heavy atom. The summed E-state index contributed by atoms with van der Waals surface area (Å²) >= 11 is 0. The van der Waals surface area contributed by atoms with E-state index in [9.17, 15) is 19.2 Å². The number of alkyl carbamates (subject to hydrolysis) is 2. The Morgan fingerprint density at radius 2 is 1.38 bits per heavy atom. The molecule has 0 aliphatic rings. The molecule has 0 bridgehead atoms. The molecule has 26 heavy (non-hydrogen) atoms. The number of carbonyl (C=O) groups is 4. The van der Waals surface area contributed by atoms with E-state index < -0.39 is 30.5 Å². The van der Waals surface area contributed by atoms with Crippen molar-refractivity contribution in [3.8, 4) is 0 Å². The summed E-state index contributed by atoms with van der Waals surface area (Å²) in [6, 6.07) is -2.20. The molecular weight excluding hydrogens is 344 g/mol. The normalized spacial score (nSPS) is 12.8. The number of hydrogen-bond acceptors (Lipinski definition) is 6. The Labute approximate surface area is 153 Å². The highest BCUT2D eigenvalue weighted by Gasteiger charge is 2.30. The van der Waals surface area contributed by atoms with Crippen molar-refractivity contribution in [2.45, 2.75) is 65.6 Å². The van der Waals surface area contributed by atoms with Crippen molar-refractivity contribution in [2.75, 3.05) is 0 Å². The maximum atomic E-state index is 11.7. The maximum Gasteiger partial charge on any atom is 0.418 e. The quantitative estimate of drug-likeness (QED) is 0.429. The van der Waals surface area contributed by atoms with Gasteiger partial charge in [0.2, 0.25) is 0 Å². The Kier molecular flexibility index (Phi) is 11.5. The monoisotopic (exact) mass is 374 g/mol. The minimum Gasteiger partial charge on any atom is -0.408 e. The van der Waals surface area contributed by atoms with Crippen molar-refractivity contribution in [3.63, 3.8) is 0 Å². The first-order chi connectivity index (χ1) is 12.2. The maximum absolute atomic E-state index is 11.7. The van der Waals surface area contributed by atoms with Crippen LogP contribution in [0.25, 0.3) is 0 Å². The molecule has 0 aromatic rings. The van der Waals surface area contributed by atoms with E-state index in [1.807, 2.05) is 6.92 Å². The Hall–Kier alpha value is -2.52. The Bertz CT molecular complexity index is 455. The number of carbonyl (C=O) groups excluding carboxylic acids is 4. The van der Waals surface area contributed by atoms with Crippen LogP contribution in [0.5, 0.6) is 0 Å². The van der Waals surface area contributed by atoms with Gasteiger partial charge in [0.05, 0.1) is 0 Å². The van der Waals surface area contributed by atoms with Crippen LogP contribution in [0.15, 0.2) is 0 Å². The molecule has 10 nitrogen and oxygen atoms in total. The predicted octanol–water partition coefficient (Wildman–Crippen LogP) is 2.56. The number of imide groups is 2. The lowest BCUT2D eigenvalue weighted by atomic mass is 9.87. The first-order valence-corrected chi connectivity index (χ1v) is 8.77. The third-order valence-corrected chi connectivity index (χ3v) is 3.99. The number of unbranched alkanes of at least 4 members (excludes halogenated alkanes) is 1. The summed E-state index contributed by atoms with van der Waals surface area (Å²) in [5, 5.41) is 3.48. The topological polar surface area (TPSA) is 163 Å². The zero-order valence-corrected chi connectivity index (χ0v) is 15.6. The van der Waals surface area contributed by atoms with Gasteiger partial charge in [0.1, 0.15) is 0 Å². The molecule has 0 spiro atoms. The van der Waals surface area contributed by atoms with Crippen LogP contribution in [0.4, 0.5) is 19.2 Å². The van der Waals surface area contributed by atoms with Gasteiger partial charge < -0.3 is 20.9 Å². The third-order valence-electron chi connectivity index (χ3n) is 3.99. The summed E-state index contributed by atoms with van der Waals surface area (Å²) in [6.07, 6.45) is 1.64. The number of ether oxygens (including phenoxy) is 2. The number of hydrogen-bond donors (Lipinski definition) is 4. The summed E-state index contributed by atoms with van der Waals surface area (Å²) in [7, 11) is 0. The van der Waals surface area contributed by atoms with Crippen LogP contribution < -0.4 is 22.1 Å². The Balaban J connectivity index is 5.14. The van der Waals surface area contributed by atoms with Gasteiger partial charge in [0.15, 0.2) is 0 Å². The van der Waals surface area contributed by atoms with Gasteiger partial charge in [-0.3, -0.25) is 0 Å². The second kappa shape index (κ2) is 12.8. The average Bonchev–Trinajstić information content (AvgIpc) is 2.53. The molecule has 0 aliphatic heterocycles. The lowest BCUT2D eigenvalue weighted by Crippen LogP contribution is -2.44. The highest BCUT2D eigenvalue weighted by atomic mass is 16.7. The summed E-state index contributed by atoms with van der Waals surface area (Å²) in [4.78, 5) is 44.9. The van der Waals surface area contributed by atoms with E-state index in [0.717, 1.165) is 25.7 Å². The van der Waals surface area contributed by atoms with Crippen molar-refractivity contribution in [3.05, 3.63) is 0 Å². The fourth-order valence-electron chi connectivity index (χ4n) is 2.57. The van der Waals surface area contributed by atoms with E-state index in [0.29, 0.717) is 18.8 Å². The molecular formula is C16H30N4O6. The van der Waals surface area contributed by atoms with Gasteiger partial charge in [0.25, 0.3) is 6.29 Å². The molecule has 0 saturated carbocycles. The second-order valence-corrected chi connectivity index (χ2v) is 5.98. The molecule has 0 aromatic carbocycles. The number of nitrogens with two attached hydrogens (primary N) is 2. The van der Waals surface area contributed by atoms with E-state index in [2.05, 4.69) is 13.8 Å². The fourth-order valence-corrected chi connectivity index (χ4v) is 2.57. The molecule has 0 aliphatic carbocycles. The molecule has 10 heteroatoms. The number of urea groups is 2. The van der Waals surface area contributed by atoms with Crippen molar-refractivity contribution < 1.29 is 28.7 Å². The van der Waals surface area contributed by atoms with Crippen molar-refractivity contribution in [1.29, 1.82) is 0 Å². The average molecular weight is 374 g/mol. The largest absolute Gasteiger partial charge is 0.418 e. The SMILES string of the molecule is CCCCC(CC)CC(CC)C(OC(=O)NC(N)=O)OC(=O)NC(N)=O. The molecule has 150 valence electrons. The minimum atomic E-state index is -1.30. The van der Waals surface area contributed by atoms with Gasteiger partial charge in [0, 0.05) is 5.92 Å². The van der Waals surface area contributed by atoms with E-state index in [1.54, 1.807) is 10.6 Å². The molecule has 6 N–H and O–H groups in total. The summed E-state index contributed by atoms with van der Waals surface area (Å²) in [5.74, 6) is 0.0297. The van der Waals surface area contributed by atoms with Crippen LogP contribution in [0, 0.1) is 11.8 Å². The molecule has 0 rings (SSSR count). The Morgan fingerprint density at radius 1 is 0.885 bits per heavy atom. The van der Waals surface area contributed by atoms with Crippen LogP contribution in [0.1, 0.15) is 59.3 Å². The van der Waals surface area contributed by atoms with E-state index in [1.165, 1.54) is 0 Å². The standard InChI is InChI=1S/C16H30N4O6/c1-4-7-8-10(5-2)9-11(6-3)12(25-15(23)19-13(17)21)26-16(24)20-14(18)22/h10-12H,4-9H2,1-3H3,(H3,17,19,21,23)(H3,18,20,22,24). The van der Waals surface area contributed by atoms with E-state index in [4.69, 9.17) is 20.9 Å². The number of nitrogens with one attached hydrogen (secondary N) is 2. The smallest absolute Gasteiger partial charge is 0.408 e. The summed E-state index contributed by atoms with van der Waals surface area (Å²) in [5.41, 5.74) is 9.74. The number of rotatable bonds is 10. The molecule has 0 fully saturated rings. The van der Waals surface area contributed by atoms with Crippen molar-refractivity contribution in [1.82, 2.24) is 10.6 Å². The lowest BCUT2D eigenvalue weighted by Gasteiger charge is -2.28. The van der Waals surface area contributed by atoms with Gasteiger partial charge in [-0.05, 0) is 18.8 Å². The fraction of sp³-hybridized carbons (Fsp3) is 0.750. The first-order valence-electron chi connectivity index (χ1n) is 8.77. The lowest BCUT2D eigenvalue weighted by molar-refractivity contribution is -0.100. The molecule has 0 aromatic heterocycles. The zero-order chi connectivity index (χ0) is 20.1. The van der Waals surface area contributed by atoms with Crippen molar-refractivity contribution in [2.24, 2.45) is 23.3 Å². The van der Waals surface area contributed by atoms with Gasteiger partial charge in [-0.1, -0.05) is 46.5 Å². The summed E-state index contributed by atoms with van der Waals surface area (Å²) in [6.45, 7) is 6.01. The van der Waals surface area contributed by atoms with Crippen LogP contribution >= 0.6 is 0 Å². The van der Waals surface area contributed by atoms with Gasteiger partial charge in [-0.25, -0.2) is 29.8 Å². The first kappa shape index (κ1) is 23.5. The molecule has 0 radical (unpaired) electrons. The van der Waals surface area contributed by atoms with Crippen LogP contribution in [0.3, 0.4) is 0 Å². The predicted molar refractivity (Wildman–Crippen MR) is 93.9 cm³/mol. The third kappa shape index (κ3) is 10.4. The molecule has 2 unspecified atom stereocenters. The second-order valence-electron chi connectivity index (χ2n) is 5.98. The highest BCUT2D eigenvalue weighted by Crippen LogP contribution is 2.27. The minimum absolute atomic E-state index is 0.325. The van der Waals surface area contributed by atoms with Crippen LogP contribution in [0.2, 0.25) is 0 Å². The highest BCUT2D eigenvalue weighted by molar-refractivity contribution is 5.90. The molecule has 0 heterocycles. The molecule has 0 saturated heterocycles. The summed E-state index contributed by atoms with van der Waals surface area (Å²) < 4.78 is 10.1. The van der Waals surface area contributed by atoms with Gasteiger partial charge in [-0.15, -0.1) is 0 Å². The molecule has 2 atom stereocenters. The van der Waals surface area contributed by atoms with E-state index in [-0.39, 0.29) is 5.92 Å². The molecule has 6 amide bonds. The van der Waals surface area contributed by atoms with Crippen LogP contribution in [-0.4, -0.2) is 30.5 Å². The van der Waals surface area contributed by atoms with Crippen molar-refractivity contribution >= 4 is 24.2 Å². The van der Waals surface area contributed by atoms with Crippen LogP contribution in [-0.2, 0) is 9.47 Å². The van der Waals surface area contributed by atoms with Gasteiger partial charge >= 0.3 is 24.2 Å².